The van der Waals surface area contributed by atoms with Gasteiger partial charge in [-0.2, -0.15) is 0 Å². The van der Waals surface area contributed by atoms with Gasteiger partial charge in [0.15, 0.2) is 11.0 Å². The maximum Gasteiger partial charge on any atom is 0.234 e. The summed E-state index contributed by atoms with van der Waals surface area (Å²) in [5.74, 6) is 1.82. The summed E-state index contributed by atoms with van der Waals surface area (Å²) in [6.45, 7) is 4.53. The van der Waals surface area contributed by atoms with Crippen LogP contribution in [0.4, 0.5) is 5.69 Å². The molecule has 10 heteroatoms. The maximum absolute atomic E-state index is 12.4. The monoisotopic (exact) mass is 522 g/mol. The Morgan fingerprint density at radius 3 is 2.77 bits per heavy atom. The zero-order chi connectivity index (χ0) is 22.2. The molecule has 0 saturated heterocycles. The molecule has 0 spiro atoms. The van der Waals surface area contributed by atoms with Gasteiger partial charge < -0.3 is 14.8 Å². The average molecular weight is 524 g/mol. The Hall–Kier alpha value is -2.49. The summed E-state index contributed by atoms with van der Waals surface area (Å²) < 4.78 is 13.9. The molecule has 1 amide bonds. The number of amides is 1. The lowest BCUT2D eigenvalue weighted by atomic mass is 10.3. The highest BCUT2D eigenvalue weighted by atomic mass is 79.9. The third-order valence-corrected chi connectivity index (χ3v) is 5.79. The van der Waals surface area contributed by atoms with Crippen LogP contribution in [0.1, 0.15) is 5.82 Å². The molecule has 1 N–H and O–H groups in total. The van der Waals surface area contributed by atoms with Crippen LogP contribution in [0.2, 0.25) is 5.02 Å². The minimum atomic E-state index is -0.216. The number of anilines is 1. The lowest BCUT2D eigenvalue weighted by molar-refractivity contribution is -0.113. The molecular formula is C21H20BrClN4O3S. The van der Waals surface area contributed by atoms with Crippen LogP contribution in [0, 0.1) is 0 Å². The van der Waals surface area contributed by atoms with Gasteiger partial charge in [0.25, 0.3) is 0 Å². The summed E-state index contributed by atoms with van der Waals surface area (Å²) >= 11 is 10.7. The second kappa shape index (κ2) is 11.2. The average Bonchev–Trinajstić information content (AvgIpc) is 3.14. The Bertz CT molecular complexity index is 1060. The molecule has 0 unspecified atom stereocenters. The fourth-order valence-electron chi connectivity index (χ4n) is 2.62. The van der Waals surface area contributed by atoms with Crippen molar-refractivity contribution in [2.75, 3.05) is 18.2 Å². The van der Waals surface area contributed by atoms with Crippen LogP contribution < -0.4 is 14.8 Å². The van der Waals surface area contributed by atoms with E-state index < -0.39 is 0 Å². The fourth-order valence-corrected chi connectivity index (χ4v) is 3.82. The first-order valence-corrected chi connectivity index (χ1v) is 11.3. The van der Waals surface area contributed by atoms with Crippen LogP contribution >= 0.6 is 39.3 Å². The Morgan fingerprint density at radius 2 is 2.06 bits per heavy atom. The number of methoxy groups -OCH3 is 1. The van der Waals surface area contributed by atoms with E-state index in [9.17, 15) is 4.79 Å². The van der Waals surface area contributed by atoms with Gasteiger partial charge in [-0.3, -0.25) is 9.36 Å². The van der Waals surface area contributed by atoms with Gasteiger partial charge in [0, 0.05) is 16.0 Å². The van der Waals surface area contributed by atoms with E-state index in [1.54, 1.807) is 24.3 Å². The molecule has 0 saturated carbocycles. The molecule has 0 aliphatic heterocycles. The van der Waals surface area contributed by atoms with E-state index in [0.29, 0.717) is 34.0 Å². The quantitative estimate of drug-likeness (QED) is 0.291. The zero-order valence-corrected chi connectivity index (χ0v) is 19.8. The van der Waals surface area contributed by atoms with Gasteiger partial charge in [-0.25, -0.2) is 0 Å². The van der Waals surface area contributed by atoms with Crippen molar-refractivity contribution in [2.45, 2.75) is 18.3 Å². The molecule has 1 heterocycles. The number of allylic oxidation sites excluding steroid dienone is 1. The number of carbonyl (C=O) groups is 1. The Labute approximate surface area is 197 Å². The van der Waals surface area contributed by atoms with Gasteiger partial charge in [-0.15, -0.1) is 16.8 Å². The Morgan fingerprint density at radius 1 is 1.29 bits per heavy atom. The predicted molar refractivity (Wildman–Crippen MR) is 126 cm³/mol. The molecule has 0 aliphatic rings. The van der Waals surface area contributed by atoms with Crippen molar-refractivity contribution >= 4 is 50.9 Å². The zero-order valence-electron chi connectivity index (χ0n) is 16.7. The first kappa shape index (κ1) is 23.2. The number of carbonyl (C=O) groups excluding carboxylic acids is 1. The molecular weight excluding hydrogens is 504 g/mol. The topological polar surface area (TPSA) is 78.3 Å². The van der Waals surface area contributed by atoms with Crippen molar-refractivity contribution in [1.29, 1.82) is 0 Å². The van der Waals surface area contributed by atoms with Gasteiger partial charge in [0.1, 0.15) is 18.1 Å². The smallest absolute Gasteiger partial charge is 0.234 e. The summed E-state index contributed by atoms with van der Waals surface area (Å²) in [6.07, 6.45) is 1.74. The lowest BCUT2D eigenvalue weighted by Crippen LogP contribution is -2.15. The molecule has 162 valence electrons. The Balaban J connectivity index is 1.63. The van der Waals surface area contributed by atoms with Crippen LogP contribution in [0.15, 0.2) is 64.7 Å². The van der Waals surface area contributed by atoms with Crippen molar-refractivity contribution < 1.29 is 14.3 Å². The van der Waals surface area contributed by atoms with Crippen molar-refractivity contribution in [3.63, 3.8) is 0 Å². The largest absolute Gasteiger partial charge is 0.495 e. The number of ether oxygens (including phenoxy) is 2. The highest BCUT2D eigenvalue weighted by Gasteiger charge is 2.15. The number of thioether (sulfide) groups is 1. The summed E-state index contributed by atoms with van der Waals surface area (Å²) in [4.78, 5) is 12.4. The second-order valence-electron chi connectivity index (χ2n) is 6.22. The van der Waals surface area contributed by atoms with E-state index in [2.05, 4.69) is 38.0 Å². The number of rotatable bonds is 10. The predicted octanol–water partition coefficient (Wildman–Crippen LogP) is 5.20. The molecule has 3 aromatic rings. The van der Waals surface area contributed by atoms with Gasteiger partial charge in [-0.1, -0.05) is 45.4 Å². The molecule has 0 atom stereocenters. The first-order chi connectivity index (χ1) is 15.0. The van der Waals surface area contributed by atoms with E-state index >= 15 is 0 Å². The molecule has 0 fully saturated rings. The number of nitrogens with one attached hydrogen (secondary N) is 1. The number of nitrogens with zero attached hydrogens (tertiary/aromatic N) is 3. The lowest BCUT2D eigenvalue weighted by Gasteiger charge is -2.11. The van der Waals surface area contributed by atoms with Crippen LogP contribution in [-0.4, -0.2) is 33.5 Å². The number of halogens is 2. The molecule has 31 heavy (non-hydrogen) atoms. The third kappa shape index (κ3) is 6.49. The summed E-state index contributed by atoms with van der Waals surface area (Å²) in [5.41, 5.74) is 0.511. The van der Waals surface area contributed by atoms with Crippen molar-refractivity contribution in [3.05, 3.63) is 70.4 Å². The van der Waals surface area contributed by atoms with E-state index in [4.69, 9.17) is 21.1 Å². The molecule has 3 rings (SSSR count). The number of aromatic nitrogens is 3. The molecule has 7 nitrogen and oxygen atoms in total. The molecule has 0 radical (unpaired) electrons. The van der Waals surface area contributed by atoms with Gasteiger partial charge in [0.05, 0.1) is 18.6 Å². The van der Waals surface area contributed by atoms with E-state index in [0.717, 1.165) is 10.2 Å². The van der Waals surface area contributed by atoms with Crippen molar-refractivity contribution in [3.8, 4) is 11.5 Å². The van der Waals surface area contributed by atoms with E-state index in [1.807, 2.05) is 28.8 Å². The van der Waals surface area contributed by atoms with Gasteiger partial charge in [-0.05, 0) is 42.5 Å². The SMILES string of the molecule is C=CCn1c(COc2ccc(Br)cc2)nnc1SCC(=O)Nc1cc(Cl)ccc1OC. The minimum Gasteiger partial charge on any atom is -0.495 e. The van der Waals surface area contributed by atoms with E-state index in [1.165, 1.54) is 18.9 Å². The van der Waals surface area contributed by atoms with Crippen molar-refractivity contribution in [1.82, 2.24) is 14.8 Å². The minimum absolute atomic E-state index is 0.137. The Kier molecular flexibility index (Phi) is 8.39. The standard InChI is InChI=1S/C21H20BrClN4O3S/c1-3-10-27-19(12-30-16-7-4-14(22)5-8-16)25-26-21(27)31-13-20(28)24-17-11-15(23)6-9-18(17)29-2/h3-9,11H,1,10,12-13H2,2H3,(H,24,28). The van der Waals surface area contributed by atoms with E-state index in [-0.39, 0.29) is 18.3 Å². The van der Waals surface area contributed by atoms with Gasteiger partial charge >= 0.3 is 0 Å². The second-order valence-corrected chi connectivity index (χ2v) is 8.52. The fraction of sp³-hybridized carbons (Fsp3) is 0.190. The molecule has 0 bridgehead atoms. The number of hydrogen-bond donors (Lipinski definition) is 1. The summed E-state index contributed by atoms with van der Waals surface area (Å²) in [7, 11) is 1.53. The van der Waals surface area contributed by atoms with Crippen LogP contribution in [0.5, 0.6) is 11.5 Å². The van der Waals surface area contributed by atoms with Crippen molar-refractivity contribution in [2.24, 2.45) is 0 Å². The van der Waals surface area contributed by atoms with Crippen LogP contribution in [-0.2, 0) is 17.9 Å². The molecule has 0 aliphatic carbocycles. The number of benzene rings is 2. The number of hydrogen-bond acceptors (Lipinski definition) is 6. The molecule has 2 aromatic carbocycles. The summed E-state index contributed by atoms with van der Waals surface area (Å²) in [5, 5.41) is 12.3. The van der Waals surface area contributed by atoms with Crippen LogP contribution in [0.3, 0.4) is 0 Å². The van der Waals surface area contributed by atoms with Crippen LogP contribution in [0.25, 0.3) is 0 Å². The maximum atomic E-state index is 12.4. The van der Waals surface area contributed by atoms with Gasteiger partial charge in [0.2, 0.25) is 5.91 Å². The summed E-state index contributed by atoms with van der Waals surface area (Å²) in [6, 6.07) is 12.6. The highest BCUT2D eigenvalue weighted by Crippen LogP contribution is 2.28. The third-order valence-electron chi connectivity index (χ3n) is 4.05. The highest BCUT2D eigenvalue weighted by molar-refractivity contribution is 9.10. The normalized spacial score (nSPS) is 10.5. The molecule has 1 aromatic heterocycles. The first-order valence-electron chi connectivity index (χ1n) is 9.17.